The minimum absolute atomic E-state index is 0.669. The Balaban J connectivity index is 2.23. The Morgan fingerprint density at radius 3 is 2.95 bits per heavy atom. The Bertz CT molecular complexity index is 537. The molecular weight excluding hydrogens is 256 g/mol. The van der Waals surface area contributed by atoms with E-state index in [4.69, 9.17) is 10.5 Å². The van der Waals surface area contributed by atoms with Crippen molar-refractivity contribution in [2.24, 2.45) is 5.73 Å². The molecule has 1 aromatic heterocycles. The first kappa shape index (κ1) is 14.0. The lowest BCUT2D eigenvalue weighted by molar-refractivity contribution is 0.317. The zero-order valence-electron chi connectivity index (χ0n) is 11.5. The van der Waals surface area contributed by atoms with E-state index in [0.717, 1.165) is 41.5 Å². The molecule has 0 unspecified atom stereocenters. The van der Waals surface area contributed by atoms with Crippen LogP contribution < -0.4 is 10.5 Å². The van der Waals surface area contributed by atoms with Gasteiger partial charge < -0.3 is 10.5 Å². The number of aryl methyl sites for hydroxylation is 1. The van der Waals surface area contributed by atoms with Gasteiger partial charge in [-0.25, -0.2) is 4.98 Å². The van der Waals surface area contributed by atoms with E-state index in [9.17, 15) is 0 Å². The highest BCUT2D eigenvalue weighted by molar-refractivity contribution is 7.15. The van der Waals surface area contributed by atoms with Crippen molar-refractivity contribution in [3.63, 3.8) is 0 Å². The summed E-state index contributed by atoms with van der Waals surface area (Å²) in [5.74, 6) is 0.910. The van der Waals surface area contributed by atoms with Crippen molar-refractivity contribution >= 4 is 11.3 Å². The predicted octanol–water partition coefficient (Wildman–Crippen LogP) is 3.41. The smallest absolute Gasteiger partial charge is 0.123 e. The van der Waals surface area contributed by atoms with Gasteiger partial charge in [0.05, 0.1) is 12.3 Å². The zero-order chi connectivity index (χ0) is 13.7. The van der Waals surface area contributed by atoms with Crippen molar-refractivity contribution in [1.29, 1.82) is 0 Å². The monoisotopic (exact) mass is 276 g/mol. The molecule has 4 heteroatoms. The molecule has 2 rings (SSSR count). The van der Waals surface area contributed by atoms with Crippen molar-refractivity contribution in [3.8, 4) is 16.3 Å². The van der Waals surface area contributed by atoms with Gasteiger partial charge in [-0.3, -0.25) is 0 Å². The maximum atomic E-state index is 5.66. The molecule has 0 amide bonds. The number of nitrogens with zero attached hydrogens (tertiary/aromatic N) is 1. The predicted molar refractivity (Wildman–Crippen MR) is 80.8 cm³/mol. The summed E-state index contributed by atoms with van der Waals surface area (Å²) in [6, 6.07) is 8.13. The lowest BCUT2D eigenvalue weighted by Crippen LogP contribution is -2.01. The van der Waals surface area contributed by atoms with Crippen molar-refractivity contribution in [3.05, 3.63) is 34.8 Å². The maximum Gasteiger partial charge on any atom is 0.123 e. The number of benzene rings is 1. The minimum atomic E-state index is 0.669. The third-order valence-electron chi connectivity index (χ3n) is 2.82. The second-order valence-electron chi connectivity index (χ2n) is 4.44. The molecule has 0 aliphatic heterocycles. The summed E-state index contributed by atoms with van der Waals surface area (Å²) in [6.07, 6.45) is 1.91. The second kappa shape index (κ2) is 6.68. The van der Waals surface area contributed by atoms with Gasteiger partial charge in [0.1, 0.15) is 10.8 Å². The lowest BCUT2D eigenvalue weighted by Gasteiger charge is -2.05. The number of hydrogen-bond donors (Lipinski definition) is 1. The first-order valence-electron chi connectivity index (χ1n) is 6.64. The summed E-state index contributed by atoms with van der Waals surface area (Å²) in [5, 5.41) is 1.04. The Morgan fingerprint density at radius 1 is 1.37 bits per heavy atom. The van der Waals surface area contributed by atoms with Gasteiger partial charge in [-0.15, -0.1) is 11.3 Å². The van der Waals surface area contributed by atoms with Crippen LogP contribution in [0.15, 0.2) is 24.3 Å². The number of ether oxygens (including phenoxy) is 1. The van der Waals surface area contributed by atoms with E-state index >= 15 is 0 Å². The average Bonchev–Trinajstić information content (AvgIpc) is 2.79. The van der Waals surface area contributed by atoms with Crippen LogP contribution in [-0.2, 0) is 6.42 Å². The van der Waals surface area contributed by atoms with Gasteiger partial charge in [0.2, 0.25) is 0 Å². The molecule has 2 N–H and O–H groups in total. The molecule has 0 spiro atoms. The number of thiazole rings is 1. The molecule has 0 aliphatic carbocycles. The van der Waals surface area contributed by atoms with Gasteiger partial charge in [-0.1, -0.05) is 19.1 Å². The summed E-state index contributed by atoms with van der Waals surface area (Å²) < 4.78 is 5.66. The molecule has 0 radical (unpaired) electrons. The fourth-order valence-corrected chi connectivity index (χ4v) is 2.93. The van der Waals surface area contributed by atoms with Gasteiger partial charge >= 0.3 is 0 Å². The van der Waals surface area contributed by atoms with Gasteiger partial charge in [0.15, 0.2) is 0 Å². The van der Waals surface area contributed by atoms with E-state index in [0.29, 0.717) is 6.54 Å². The SMILES string of the molecule is CCCOc1cccc(-c2nc(C)c(CCN)s2)c1. The molecule has 0 fully saturated rings. The molecule has 0 bridgehead atoms. The highest BCUT2D eigenvalue weighted by Gasteiger charge is 2.09. The van der Waals surface area contributed by atoms with Crippen LogP contribution in [0.25, 0.3) is 10.6 Å². The fourth-order valence-electron chi connectivity index (χ4n) is 1.85. The summed E-state index contributed by atoms with van der Waals surface area (Å²) in [4.78, 5) is 5.90. The third-order valence-corrected chi connectivity index (χ3v) is 4.08. The van der Waals surface area contributed by atoms with E-state index in [1.165, 1.54) is 4.88 Å². The third kappa shape index (κ3) is 3.55. The Labute approximate surface area is 118 Å². The number of nitrogens with two attached hydrogens (primary N) is 1. The van der Waals surface area contributed by atoms with Crippen LogP contribution in [0, 0.1) is 6.92 Å². The summed E-state index contributed by atoms with van der Waals surface area (Å²) >= 11 is 1.72. The van der Waals surface area contributed by atoms with Crippen LogP contribution in [-0.4, -0.2) is 18.1 Å². The molecule has 0 aliphatic rings. The summed E-state index contributed by atoms with van der Waals surface area (Å²) in [6.45, 7) is 5.57. The first-order valence-corrected chi connectivity index (χ1v) is 7.46. The summed E-state index contributed by atoms with van der Waals surface area (Å²) in [5.41, 5.74) is 7.82. The highest BCUT2D eigenvalue weighted by atomic mass is 32.1. The molecule has 0 saturated heterocycles. The van der Waals surface area contributed by atoms with Gasteiger partial charge in [-0.2, -0.15) is 0 Å². The molecule has 102 valence electrons. The van der Waals surface area contributed by atoms with Crippen LogP contribution in [0.3, 0.4) is 0 Å². The average molecular weight is 276 g/mol. The normalized spacial score (nSPS) is 10.7. The quantitative estimate of drug-likeness (QED) is 0.879. The standard InChI is InChI=1S/C15H20N2OS/c1-3-9-18-13-6-4-5-12(10-13)15-17-11(2)14(19-15)7-8-16/h4-6,10H,3,7-9,16H2,1-2H3. The molecule has 2 aromatic rings. The topological polar surface area (TPSA) is 48.1 Å². The fraction of sp³-hybridized carbons (Fsp3) is 0.400. The van der Waals surface area contributed by atoms with Crippen LogP contribution in [0.4, 0.5) is 0 Å². The van der Waals surface area contributed by atoms with Crippen LogP contribution in [0.5, 0.6) is 5.75 Å². The van der Waals surface area contributed by atoms with Crippen molar-refractivity contribution in [2.75, 3.05) is 13.2 Å². The Morgan fingerprint density at radius 2 is 2.21 bits per heavy atom. The largest absolute Gasteiger partial charge is 0.494 e. The van der Waals surface area contributed by atoms with Crippen molar-refractivity contribution in [1.82, 2.24) is 4.98 Å². The Kier molecular flexibility index (Phi) is 4.93. The van der Waals surface area contributed by atoms with Gasteiger partial charge in [0.25, 0.3) is 0 Å². The van der Waals surface area contributed by atoms with Crippen molar-refractivity contribution < 1.29 is 4.74 Å². The van der Waals surface area contributed by atoms with Gasteiger partial charge in [0, 0.05) is 10.4 Å². The van der Waals surface area contributed by atoms with Crippen molar-refractivity contribution in [2.45, 2.75) is 26.7 Å². The molecule has 1 heterocycles. The van der Waals surface area contributed by atoms with E-state index < -0.39 is 0 Å². The molecular formula is C15H20N2OS. The van der Waals surface area contributed by atoms with E-state index in [1.807, 2.05) is 19.1 Å². The molecule has 0 saturated carbocycles. The number of aromatic nitrogens is 1. The van der Waals surface area contributed by atoms with E-state index in [1.54, 1.807) is 11.3 Å². The number of hydrogen-bond acceptors (Lipinski definition) is 4. The van der Waals surface area contributed by atoms with Gasteiger partial charge in [-0.05, 0) is 38.4 Å². The second-order valence-corrected chi connectivity index (χ2v) is 5.53. The minimum Gasteiger partial charge on any atom is -0.494 e. The van der Waals surface area contributed by atoms with Crippen LogP contribution >= 0.6 is 11.3 Å². The molecule has 3 nitrogen and oxygen atoms in total. The van der Waals surface area contributed by atoms with E-state index in [2.05, 4.69) is 24.0 Å². The van der Waals surface area contributed by atoms with E-state index in [-0.39, 0.29) is 0 Å². The molecule has 19 heavy (non-hydrogen) atoms. The summed E-state index contributed by atoms with van der Waals surface area (Å²) in [7, 11) is 0. The first-order chi connectivity index (χ1) is 9.24. The van der Waals surface area contributed by atoms with Crippen LogP contribution in [0.2, 0.25) is 0 Å². The lowest BCUT2D eigenvalue weighted by atomic mass is 10.2. The number of rotatable bonds is 6. The zero-order valence-corrected chi connectivity index (χ0v) is 12.3. The maximum absolute atomic E-state index is 5.66. The highest BCUT2D eigenvalue weighted by Crippen LogP contribution is 2.30. The molecule has 1 aromatic carbocycles. The van der Waals surface area contributed by atoms with Crippen LogP contribution in [0.1, 0.15) is 23.9 Å². The Hall–Kier alpha value is -1.39. The molecule has 0 atom stereocenters.